The van der Waals surface area contributed by atoms with E-state index in [0.717, 1.165) is 5.56 Å². The van der Waals surface area contributed by atoms with E-state index >= 15 is 0 Å². The summed E-state index contributed by atoms with van der Waals surface area (Å²) in [6, 6.07) is 8.50. The first-order valence-corrected chi connectivity index (χ1v) is 6.17. The van der Waals surface area contributed by atoms with Crippen LogP contribution in [0.25, 0.3) is 0 Å². The van der Waals surface area contributed by atoms with E-state index in [0.29, 0.717) is 0 Å². The lowest BCUT2D eigenvalue weighted by atomic mass is 9.97. The Morgan fingerprint density at radius 1 is 1.15 bits per heavy atom. The Bertz CT molecular complexity index is 392. The van der Waals surface area contributed by atoms with Crippen LogP contribution in [0.4, 0.5) is 0 Å². The van der Waals surface area contributed by atoms with Crippen LogP contribution in [0.15, 0.2) is 30.3 Å². The molecule has 0 amide bonds. The summed E-state index contributed by atoms with van der Waals surface area (Å²) in [4.78, 5) is 0. The second kappa shape index (κ2) is 7.90. The molecule has 1 heterocycles. The minimum Gasteiger partial charge on any atom is -0.394 e. The molecule has 0 saturated carbocycles. The van der Waals surface area contributed by atoms with E-state index in [4.69, 9.17) is 20.3 Å². The van der Waals surface area contributed by atoms with Crippen LogP contribution in [0.2, 0.25) is 0 Å². The normalized spacial score (nSPS) is 33.5. The van der Waals surface area contributed by atoms with Gasteiger partial charge in [0.15, 0.2) is 6.29 Å². The summed E-state index contributed by atoms with van der Waals surface area (Å²) in [5.74, 6) is 0. The summed E-state index contributed by atoms with van der Waals surface area (Å²) in [7, 11) is 0. The molecule has 0 unspecified atom stereocenters. The Kier molecular flexibility index (Phi) is 6.84. The van der Waals surface area contributed by atoms with E-state index in [-0.39, 0.29) is 25.6 Å². The molecule has 5 atom stereocenters. The lowest BCUT2D eigenvalue weighted by Gasteiger charge is -2.40. The zero-order valence-electron chi connectivity index (χ0n) is 10.8. The van der Waals surface area contributed by atoms with Crippen molar-refractivity contribution in [3.63, 3.8) is 0 Å². The first-order valence-electron chi connectivity index (χ1n) is 6.17. The number of halogens is 1. The molecule has 2 rings (SSSR count). The summed E-state index contributed by atoms with van der Waals surface area (Å²) < 4.78 is 10.8. The molecule has 0 aromatic heterocycles. The first-order chi connectivity index (χ1) is 9.13. The highest BCUT2D eigenvalue weighted by Gasteiger charge is 2.42. The summed E-state index contributed by atoms with van der Waals surface area (Å²) in [5, 5.41) is 28.7. The van der Waals surface area contributed by atoms with E-state index in [1.165, 1.54) is 0 Å². The molecule has 0 bridgehead atoms. The second-order valence-electron chi connectivity index (χ2n) is 4.58. The van der Waals surface area contributed by atoms with Crippen LogP contribution in [0.5, 0.6) is 0 Å². The smallest absolute Gasteiger partial charge is 0.186 e. The van der Waals surface area contributed by atoms with Gasteiger partial charge in [0.25, 0.3) is 0 Å². The number of aliphatic hydroxyl groups excluding tert-OH is 3. The minimum atomic E-state index is -1.14. The zero-order chi connectivity index (χ0) is 13.8. The van der Waals surface area contributed by atoms with Crippen LogP contribution in [-0.2, 0) is 16.1 Å². The summed E-state index contributed by atoms with van der Waals surface area (Å²) >= 11 is 0. The number of aliphatic hydroxyl groups is 3. The highest BCUT2D eigenvalue weighted by molar-refractivity contribution is 5.85. The monoisotopic (exact) mass is 305 g/mol. The van der Waals surface area contributed by atoms with Crippen molar-refractivity contribution in [2.45, 2.75) is 37.3 Å². The molecule has 0 aliphatic carbocycles. The summed E-state index contributed by atoms with van der Waals surface area (Å²) in [5.41, 5.74) is 6.61. The Labute approximate surface area is 123 Å². The van der Waals surface area contributed by atoms with E-state index in [9.17, 15) is 10.2 Å². The van der Waals surface area contributed by atoms with E-state index in [2.05, 4.69) is 0 Å². The summed E-state index contributed by atoms with van der Waals surface area (Å²) in [6.07, 6.45) is -4.06. The third-order valence-electron chi connectivity index (χ3n) is 3.19. The topological polar surface area (TPSA) is 105 Å². The highest BCUT2D eigenvalue weighted by atomic mass is 35.5. The average Bonchev–Trinajstić information content (AvgIpc) is 2.45. The van der Waals surface area contributed by atoms with Gasteiger partial charge in [-0.3, -0.25) is 0 Å². The second-order valence-corrected chi connectivity index (χ2v) is 4.58. The van der Waals surface area contributed by atoms with Gasteiger partial charge >= 0.3 is 0 Å². The standard InChI is InChI=1S/C13H19NO5.ClH/c14-10-11(16)9(6-15)19-13(12(10)17)18-7-8-4-2-1-3-5-8;/h1-5,9-13,15-17H,6-7,14H2;1H/t9-,10-,11-,12+,13+;/m1./s1. The van der Waals surface area contributed by atoms with Crippen molar-refractivity contribution in [3.05, 3.63) is 35.9 Å². The van der Waals surface area contributed by atoms with Crippen LogP contribution >= 0.6 is 12.4 Å². The highest BCUT2D eigenvalue weighted by Crippen LogP contribution is 2.21. The van der Waals surface area contributed by atoms with E-state index < -0.39 is 30.6 Å². The van der Waals surface area contributed by atoms with Gasteiger partial charge in [0, 0.05) is 0 Å². The van der Waals surface area contributed by atoms with E-state index in [1.54, 1.807) is 0 Å². The molecule has 1 aliphatic heterocycles. The van der Waals surface area contributed by atoms with Crippen molar-refractivity contribution in [2.75, 3.05) is 6.61 Å². The molecule has 1 fully saturated rings. The average molecular weight is 306 g/mol. The van der Waals surface area contributed by atoms with Gasteiger partial charge in [-0.15, -0.1) is 12.4 Å². The number of hydrogen-bond acceptors (Lipinski definition) is 6. The number of benzene rings is 1. The van der Waals surface area contributed by atoms with Gasteiger partial charge in [-0.05, 0) is 5.56 Å². The Morgan fingerprint density at radius 2 is 1.80 bits per heavy atom. The Morgan fingerprint density at radius 3 is 2.40 bits per heavy atom. The molecule has 20 heavy (non-hydrogen) atoms. The van der Waals surface area contributed by atoms with Crippen LogP contribution in [0.1, 0.15) is 5.56 Å². The van der Waals surface area contributed by atoms with Crippen LogP contribution < -0.4 is 5.73 Å². The molecule has 1 aromatic carbocycles. The number of ether oxygens (including phenoxy) is 2. The molecule has 5 N–H and O–H groups in total. The number of nitrogens with two attached hydrogens (primary N) is 1. The minimum absolute atomic E-state index is 0. The largest absolute Gasteiger partial charge is 0.394 e. The Hall–Kier alpha value is -0.730. The fourth-order valence-electron chi connectivity index (χ4n) is 2.01. The number of hydrogen-bond donors (Lipinski definition) is 4. The SMILES string of the molecule is Cl.N[C@H]1[C@H](O)[C@@H](OCc2ccccc2)O[C@H](CO)[C@H]1O. The molecule has 6 nitrogen and oxygen atoms in total. The molecule has 1 aliphatic rings. The molecule has 114 valence electrons. The first kappa shape index (κ1) is 17.3. The van der Waals surface area contributed by atoms with Gasteiger partial charge in [-0.1, -0.05) is 30.3 Å². The van der Waals surface area contributed by atoms with Gasteiger partial charge in [-0.2, -0.15) is 0 Å². The maximum Gasteiger partial charge on any atom is 0.186 e. The quantitative estimate of drug-likeness (QED) is 0.591. The molecule has 7 heteroatoms. The molecule has 1 saturated heterocycles. The van der Waals surface area contributed by atoms with Crippen molar-refractivity contribution >= 4 is 12.4 Å². The fraction of sp³-hybridized carbons (Fsp3) is 0.538. The van der Waals surface area contributed by atoms with Crippen LogP contribution in [0, 0.1) is 0 Å². The van der Waals surface area contributed by atoms with Crippen LogP contribution in [-0.4, -0.2) is 52.6 Å². The van der Waals surface area contributed by atoms with Crippen LogP contribution in [0.3, 0.4) is 0 Å². The molecular weight excluding hydrogens is 286 g/mol. The predicted molar refractivity (Wildman–Crippen MR) is 74.2 cm³/mol. The van der Waals surface area contributed by atoms with Crippen molar-refractivity contribution in [2.24, 2.45) is 5.73 Å². The lowest BCUT2D eigenvalue weighted by molar-refractivity contribution is -0.279. The van der Waals surface area contributed by atoms with Gasteiger partial charge in [0.2, 0.25) is 0 Å². The lowest BCUT2D eigenvalue weighted by Crippen LogP contribution is -2.62. The summed E-state index contributed by atoms with van der Waals surface area (Å²) in [6.45, 7) is -0.129. The molecule has 0 spiro atoms. The number of rotatable bonds is 4. The van der Waals surface area contributed by atoms with Gasteiger partial charge in [0.1, 0.15) is 18.3 Å². The molecular formula is C13H20ClNO5. The third kappa shape index (κ3) is 3.89. The maximum absolute atomic E-state index is 9.88. The maximum atomic E-state index is 9.88. The van der Waals surface area contributed by atoms with Gasteiger partial charge < -0.3 is 30.5 Å². The Balaban J connectivity index is 0.00000200. The molecule has 0 radical (unpaired) electrons. The third-order valence-corrected chi connectivity index (χ3v) is 3.19. The van der Waals surface area contributed by atoms with Crippen molar-refractivity contribution in [3.8, 4) is 0 Å². The van der Waals surface area contributed by atoms with E-state index in [1.807, 2.05) is 30.3 Å². The van der Waals surface area contributed by atoms with Crippen molar-refractivity contribution in [1.29, 1.82) is 0 Å². The zero-order valence-corrected chi connectivity index (χ0v) is 11.6. The van der Waals surface area contributed by atoms with Crippen molar-refractivity contribution in [1.82, 2.24) is 0 Å². The molecule has 1 aromatic rings. The van der Waals surface area contributed by atoms with Gasteiger partial charge in [-0.25, -0.2) is 0 Å². The van der Waals surface area contributed by atoms with Crippen molar-refractivity contribution < 1.29 is 24.8 Å². The van der Waals surface area contributed by atoms with Gasteiger partial charge in [0.05, 0.1) is 19.3 Å². The fourth-order valence-corrected chi connectivity index (χ4v) is 2.01. The predicted octanol–water partition coefficient (Wildman–Crippen LogP) is -0.609.